The highest BCUT2D eigenvalue weighted by atomic mass is 32.1. The number of thiazole rings is 1. The maximum Gasteiger partial charge on any atom is 0.314 e. The molecule has 0 N–H and O–H groups in total. The van der Waals surface area contributed by atoms with Crippen LogP contribution in [0.4, 0.5) is 0 Å². The summed E-state index contributed by atoms with van der Waals surface area (Å²) in [5, 5.41) is 0.765. The molecule has 1 aromatic carbocycles. The van der Waals surface area contributed by atoms with Gasteiger partial charge in [0.15, 0.2) is 11.5 Å². The van der Waals surface area contributed by atoms with E-state index in [-0.39, 0.29) is 47.2 Å². The average molecular weight is 678 g/mol. The lowest BCUT2D eigenvalue weighted by Crippen LogP contribution is -2.28. The SMILES string of the molecule is CCCc1ccc(-c2ccc(-c3nc4c(OC(=O)C5CCC(C(C)=O)CC5)ccc(OC(=O)C5CCC(C(C)=O)CC5)c4s3)s2)s1. The molecule has 0 spiro atoms. The van der Waals surface area contributed by atoms with Crippen molar-refractivity contribution >= 4 is 67.7 Å². The second-order valence-electron chi connectivity index (χ2n) is 12.6. The largest absolute Gasteiger partial charge is 0.425 e. The molecule has 0 amide bonds. The number of ether oxygens (including phenoxy) is 2. The van der Waals surface area contributed by atoms with Gasteiger partial charge in [0.1, 0.15) is 26.8 Å². The number of benzene rings is 1. The Kier molecular flexibility index (Phi) is 10.2. The number of esters is 2. The third kappa shape index (κ3) is 7.19. The van der Waals surface area contributed by atoms with E-state index in [9.17, 15) is 19.2 Å². The number of nitrogens with zero attached hydrogens (tertiary/aromatic N) is 1. The summed E-state index contributed by atoms with van der Waals surface area (Å²) in [4.78, 5) is 59.9. The van der Waals surface area contributed by atoms with Gasteiger partial charge in [-0.2, -0.15) is 0 Å². The summed E-state index contributed by atoms with van der Waals surface area (Å²) in [6.45, 7) is 5.42. The normalized spacial score (nSPS) is 21.6. The number of carbonyl (C=O) groups excluding carboxylic acids is 4. The van der Waals surface area contributed by atoms with Crippen molar-refractivity contribution in [3.05, 3.63) is 41.3 Å². The fourth-order valence-electron chi connectivity index (χ4n) is 6.56. The van der Waals surface area contributed by atoms with Crippen LogP contribution in [0.5, 0.6) is 11.5 Å². The molecule has 10 heteroatoms. The summed E-state index contributed by atoms with van der Waals surface area (Å²) in [7, 11) is 0. The summed E-state index contributed by atoms with van der Waals surface area (Å²) in [6, 6.07) is 11.9. The smallest absolute Gasteiger partial charge is 0.314 e. The fourth-order valence-corrected chi connectivity index (χ4v) is 9.85. The molecule has 0 atom stereocenters. The first-order valence-electron chi connectivity index (χ1n) is 16.3. The van der Waals surface area contributed by atoms with E-state index in [0.29, 0.717) is 73.1 Å². The average Bonchev–Trinajstić information content (AvgIpc) is 3.82. The summed E-state index contributed by atoms with van der Waals surface area (Å²) in [6.07, 6.45) is 7.46. The van der Waals surface area contributed by atoms with E-state index in [0.717, 1.165) is 22.7 Å². The predicted octanol–water partition coefficient (Wildman–Crippen LogP) is 9.31. The summed E-state index contributed by atoms with van der Waals surface area (Å²) in [5.41, 5.74) is 0.493. The number of ketones is 2. The van der Waals surface area contributed by atoms with Crippen molar-refractivity contribution in [1.82, 2.24) is 4.98 Å². The van der Waals surface area contributed by atoms with Crippen molar-refractivity contribution in [1.29, 1.82) is 0 Å². The number of thiophene rings is 2. The lowest BCUT2D eigenvalue weighted by atomic mass is 9.80. The monoisotopic (exact) mass is 677 g/mol. The molecule has 242 valence electrons. The number of rotatable bonds is 10. The van der Waals surface area contributed by atoms with Gasteiger partial charge in [-0.05, 0) is 108 Å². The van der Waals surface area contributed by atoms with Crippen molar-refractivity contribution in [3.63, 3.8) is 0 Å². The van der Waals surface area contributed by atoms with Crippen LogP contribution in [0.15, 0.2) is 36.4 Å². The molecule has 2 aliphatic rings. The number of carbonyl (C=O) groups is 4. The molecule has 3 aromatic heterocycles. The molecule has 0 aliphatic heterocycles. The number of aryl methyl sites for hydroxylation is 1. The Hall–Kier alpha value is -3.21. The zero-order chi connectivity index (χ0) is 32.4. The molecular formula is C36H39NO6S3. The second kappa shape index (κ2) is 14.3. The van der Waals surface area contributed by atoms with Crippen molar-refractivity contribution < 1.29 is 28.7 Å². The van der Waals surface area contributed by atoms with Crippen molar-refractivity contribution in [3.8, 4) is 31.1 Å². The molecule has 2 aliphatic carbocycles. The number of hydrogen-bond donors (Lipinski definition) is 0. The van der Waals surface area contributed by atoms with Crippen LogP contribution in [0.1, 0.15) is 83.4 Å². The van der Waals surface area contributed by atoms with Crippen molar-refractivity contribution in [2.45, 2.75) is 85.0 Å². The van der Waals surface area contributed by atoms with Crippen LogP contribution in [0.2, 0.25) is 0 Å². The van der Waals surface area contributed by atoms with Gasteiger partial charge in [0, 0.05) is 26.5 Å². The third-order valence-electron chi connectivity index (χ3n) is 9.38. The van der Waals surface area contributed by atoms with E-state index in [2.05, 4.69) is 31.2 Å². The Morgan fingerprint density at radius 2 is 1.15 bits per heavy atom. The first-order chi connectivity index (χ1) is 22.2. The maximum atomic E-state index is 13.3. The van der Waals surface area contributed by atoms with Crippen LogP contribution in [0.3, 0.4) is 0 Å². The van der Waals surface area contributed by atoms with E-state index < -0.39 is 0 Å². The molecule has 0 unspecified atom stereocenters. The zero-order valence-corrected chi connectivity index (χ0v) is 28.9. The van der Waals surface area contributed by atoms with E-state index in [1.54, 1.807) is 37.3 Å². The molecule has 3 heterocycles. The Bertz CT molecular complexity index is 1660. The minimum atomic E-state index is -0.316. The molecule has 4 aromatic rings. The first kappa shape index (κ1) is 32.7. The van der Waals surface area contributed by atoms with Crippen LogP contribution in [-0.4, -0.2) is 28.5 Å². The van der Waals surface area contributed by atoms with Crippen LogP contribution >= 0.6 is 34.0 Å². The number of Topliss-reactive ketones (excluding diaryl/α,β-unsaturated/α-hetero) is 2. The lowest BCUT2D eigenvalue weighted by molar-refractivity contribution is -0.141. The van der Waals surface area contributed by atoms with Gasteiger partial charge in [0.05, 0.1) is 16.7 Å². The Labute approximate surface area is 281 Å². The summed E-state index contributed by atoms with van der Waals surface area (Å²) in [5.74, 6) is 0.000746. The molecule has 0 radical (unpaired) electrons. The quantitative estimate of drug-likeness (QED) is 0.122. The first-order valence-corrected chi connectivity index (χ1v) is 18.7. The molecule has 0 bridgehead atoms. The zero-order valence-electron chi connectivity index (χ0n) is 26.5. The van der Waals surface area contributed by atoms with Gasteiger partial charge in [-0.15, -0.1) is 34.0 Å². The topological polar surface area (TPSA) is 99.6 Å². The number of fused-ring (bicyclic) bond motifs is 1. The van der Waals surface area contributed by atoms with E-state index in [1.165, 1.54) is 26.0 Å². The summed E-state index contributed by atoms with van der Waals surface area (Å²) < 4.78 is 12.6. The van der Waals surface area contributed by atoms with Crippen LogP contribution < -0.4 is 9.47 Å². The molecular weight excluding hydrogens is 639 g/mol. The van der Waals surface area contributed by atoms with Gasteiger partial charge in [0.2, 0.25) is 0 Å². The van der Waals surface area contributed by atoms with E-state index in [1.807, 2.05) is 11.3 Å². The molecule has 2 saturated carbocycles. The Morgan fingerprint density at radius 1 is 0.652 bits per heavy atom. The molecule has 0 saturated heterocycles. The highest BCUT2D eigenvalue weighted by molar-refractivity contribution is 7.28. The van der Waals surface area contributed by atoms with Gasteiger partial charge in [0.25, 0.3) is 0 Å². The standard InChI is InChI=1S/C36H39NO6S3/c1-4-5-26-14-17-29(44-26)30-18-19-31(45-30)34-37-32-27(42-35(40)24-10-6-22(7-11-24)20(2)38)15-16-28(33(32)46-34)43-36(41)25-12-8-23(9-13-25)21(3)39/h14-19,22-25H,4-13H2,1-3H3. The van der Waals surface area contributed by atoms with Crippen LogP contribution in [0.25, 0.3) is 29.9 Å². The van der Waals surface area contributed by atoms with Gasteiger partial charge in [-0.3, -0.25) is 19.2 Å². The van der Waals surface area contributed by atoms with Gasteiger partial charge in [-0.1, -0.05) is 13.3 Å². The van der Waals surface area contributed by atoms with E-state index >= 15 is 0 Å². The molecule has 7 nitrogen and oxygen atoms in total. The van der Waals surface area contributed by atoms with Crippen LogP contribution in [0, 0.1) is 23.7 Å². The molecule has 46 heavy (non-hydrogen) atoms. The second-order valence-corrected chi connectivity index (χ2v) is 15.9. The van der Waals surface area contributed by atoms with Gasteiger partial charge < -0.3 is 9.47 Å². The van der Waals surface area contributed by atoms with Crippen LogP contribution in [-0.2, 0) is 25.6 Å². The minimum Gasteiger partial charge on any atom is -0.425 e. The Morgan fingerprint density at radius 3 is 1.74 bits per heavy atom. The fraction of sp³-hybridized carbons (Fsp3) is 0.472. The Balaban J connectivity index is 1.27. The number of hydrogen-bond acceptors (Lipinski definition) is 10. The minimum absolute atomic E-state index is 0.0198. The maximum absolute atomic E-state index is 13.3. The molecule has 2 fully saturated rings. The number of aromatic nitrogens is 1. The highest BCUT2D eigenvalue weighted by Crippen LogP contribution is 2.45. The lowest BCUT2D eigenvalue weighted by Gasteiger charge is -2.25. The van der Waals surface area contributed by atoms with Crippen molar-refractivity contribution in [2.75, 3.05) is 0 Å². The van der Waals surface area contributed by atoms with Gasteiger partial charge >= 0.3 is 11.9 Å². The van der Waals surface area contributed by atoms with Gasteiger partial charge in [-0.25, -0.2) is 4.98 Å². The van der Waals surface area contributed by atoms with Crippen molar-refractivity contribution in [2.24, 2.45) is 23.7 Å². The predicted molar refractivity (Wildman–Crippen MR) is 184 cm³/mol. The molecule has 6 rings (SSSR count). The third-order valence-corrected chi connectivity index (χ3v) is 13.0. The highest BCUT2D eigenvalue weighted by Gasteiger charge is 2.32. The van der Waals surface area contributed by atoms with E-state index in [4.69, 9.17) is 14.5 Å². The summed E-state index contributed by atoms with van der Waals surface area (Å²) >= 11 is 4.90.